The van der Waals surface area contributed by atoms with Crippen molar-refractivity contribution in [1.82, 2.24) is 19.5 Å². The van der Waals surface area contributed by atoms with Gasteiger partial charge in [-0.2, -0.15) is 14.4 Å². The van der Waals surface area contributed by atoms with Gasteiger partial charge in [-0.25, -0.2) is 4.98 Å². The first-order valence-electron chi connectivity index (χ1n) is 7.33. The van der Waals surface area contributed by atoms with Crippen LogP contribution in [-0.2, 0) is 0 Å². The maximum absolute atomic E-state index is 13.4. The Morgan fingerprint density at radius 2 is 2.10 bits per heavy atom. The molecular weight excluding hydrogens is 295 g/mol. The topological polar surface area (TPSA) is 63.8 Å². The normalized spacial score (nSPS) is 13.0. The lowest BCUT2D eigenvalue weighted by molar-refractivity contribution is 0.251. The van der Waals surface area contributed by atoms with Crippen molar-refractivity contribution in [3.8, 4) is 0 Å². The molecule has 1 atom stereocenters. The Bertz CT molecular complexity index is 590. The molecule has 0 spiro atoms. The highest BCUT2D eigenvalue weighted by molar-refractivity contribution is 6.33. The van der Waals surface area contributed by atoms with Crippen LogP contribution < -0.4 is 0 Å². The quantitative estimate of drug-likeness (QED) is 0.460. The number of hydrogen-bond acceptors (Lipinski definition) is 4. The minimum Gasteiger partial charge on any atom is -0.396 e. The summed E-state index contributed by atoms with van der Waals surface area (Å²) in [6.45, 7) is 2.23. The summed E-state index contributed by atoms with van der Waals surface area (Å²) in [6, 6.07) is 0.0437. The average molecular weight is 315 g/mol. The van der Waals surface area contributed by atoms with Crippen molar-refractivity contribution in [1.29, 1.82) is 0 Å². The van der Waals surface area contributed by atoms with Gasteiger partial charge in [-0.1, -0.05) is 44.2 Å². The molecule has 2 heterocycles. The molecule has 0 saturated heterocycles. The predicted molar refractivity (Wildman–Crippen MR) is 79.8 cm³/mol. The fraction of sp³-hybridized carbons (Fsp3) is 0.643. The summed E-state index contributed by atoms with van der Waals surface area (Å²) in [5.41, 5.74) is 0.788. The van der Waals surface area contributed by atoms with Crippen molar-refractivity contribution >= 4 is 22.8 Å². The lowest BCUT2D eigenvalue weighted by Crippen LogP contribution is -2.11. The predicted octanol–water partition coefficient (Wildman–Crippen LogP) is 3.51. The summed E-state index contributed by atoms with van der Waals surface area (Å²) in [6.07, 6.45) is 6.80. The second kappa shape index (κ2) is 7.66. The van der Waals surface area contributed by atoms with Gasteiger partial charge in [-0.05, 0) is 12.8 Å². The Labute approximate surface area is 128 Å². The van der Waals surface area contributed by atoms with Crippen LogP contribution in [0.4, 0.5) is 4.39 Å². The molecule has 2 rings (SSSR count). The molecule has 0 aromatic carbocycles. The standard InChI is InChI=1S/C14H20ClFN4O/c1-2-3-4-5-6-10(7-8-21)20-9-17-11-12(15)18-14(16)19-13(11)20/h9-10,21H,2-8H2,1H3. The molecule has 1 N–H and O–H groups in total. The van der Waals surface area contributed by atoms with Gasteiger partial charge in [0.15, 0.2) is 10.8 Å². The van der Waals surface area contributed by atoms with E-state index in [2.05, 4.69) is 21.9 Å². The molecule has 0 aliphatic rings. The highest BCUT2D eigenvalue weighted by atomic mass is 35.5. The van der Waals surface area contributed by atoms with Gasteiger partial charge in [0, 0.05) is 12.6 Å². The first-order chi connectivity index (χ1) is 10.2. The second-order valence-electron chi connectivity index (χ2n) is 5.12. The van der Waals surface area contributed by atoms with Gasteiger partial charge in [0.05, 0.1) is 6.33 Å². The second-order valence-corrected chi connectivity index (χ2v) is 5.48. The molecule has 0 bridgehead atoms. The number of hydrogen-bond donors (Lipinski definition) is 1. The number of imidazole rings is 1. The van der Waals surface area contributed by atoms with Crippen LogP contribution in [0.1, 0.15) is 51.5 Å². The number of aliphatic hydroxyl groups excluding tert-OH is 1. The van der Waals surface area contributed by atoms with E-state index in [1.165, 1.54) is 12.8 Å². The molecule has 116 valence electrons. The van der Waals surface area contributed by atoms with E-state index in [1.807, 2.05) is 0 Å². The number of nitrogens with zero attached hydrogens (tertiary/aromatic N) is 4. The Morgan fingerprint density at radius 1 is 1.29 bits per heavy atom. The molecule has 2 aromatic heterocycles. The molecule has 0 aliphatic heterocycles. The lowest BCUT2D eigenvalue weighted by atomic mass is 10.0. The average Bonchev–Trinajstić information content (AvgIpc) is 2.86. The van der Waals surface area contributed by atoms with Crippen molar-refractivity contribution in [2.45, 2.75) is 51.5 Å². The molecule has 1 unspecified atom stereocenters. The van der Waals surface area contributed by atoms with E-state index in [-0.39, 0.29) is 17.8 Å². The summed E-state index contributed by atoms with van der Waals surface area (Å²) >= 11 is 5.89. The van der Waals surface area contributed by atoms with Crippen molar-refractivity contribution in [3.05, 3.63) is 17.6 Å². The van der Waals surface area contributed by atoms with E-state index < -0.39 is 6.08 Å². The highest BCUT2D eigenvalue weighted by Gasteiger charge is 2.17. The number of halogens is 2. The van der Waals surface area contributed by atoms with Gasteiger partial charge in [0.2, 0.25) is 0 Å². The van der Waals surface area contributed by atoms with E-state index in [4.69, 9.17) is 11.6 Å². The summed E-state index contributed by atoms with van der Waals surface area (Å²) in [5, 5.41) is 9.27. The Hall–Kier alpha value is -1.27. The van der Waals surface area contributed by atoms with Crippen LogP contribution >= 0.6 is 11.6 Å². The minimum absolute atomic E-state index is 0.0185. The molecule has 0 aliphatic carbocycles. The first-order valence-corrected chi connectivity index (χ1v) is 7.71. The molecule has 7 heteroatoms. The summed E-state index contributed by atoms with van der Waals surface area (Å²) < 4.78 is 15.2. The zero-order valence-electron chi connectivity index (χ0n) is 12.1. The lowest BCUT2D eigenvalue weighted by Gasteiger charge is -2.18. The number of rotatable bonds is 8. The highest BCUT2D eigenvalue weighted by Crippen LogP contribution is 2.26. The van der Waals surface area contributed by atoms with Crippen molar-refractivity contribution in [2.75, 3.05) is 6.61 Å². The number of aromatic nitrogens is 4. The fourth-order valence-corrected chi connectivity index (χ4v) is 2.71. The Balaban J connectivity index is 2.23. The van der Waals surface area contributed by atoms with Crippen LogP contribution in [0.2, 0.25) is 5.15 Å². The molecule has 21 heavy (non-hydrogen) atoms. The van der Waals surface area contributed by atoms with Gasteiger partial charge >= 0.3 is 6.08 Å². The fourth-order valence-electron chi connectivity index (χ4n) is 2.50. The number of fused-ring (bicyclic) bond motifs is 1. The third-order valence-corrected chi connectivity index (χ3v) is 3.86. The summed E-state index contributed by atoms with van der Waals surface area (Å²) in [5.74, 6) is 0. The summed E-state index contributed by atoms with van der Waals surface area (Å²) in [4.78, 5) is 11.4. The van der Waals surface area contributed by atoms with Crippen molar-refractivity contribution < 1.29 is 9.50 Å². The van der Waals surface area contributed by atoms with E-state index in [0.717, 1.165) is 19.3 Å². The Kier molecular flexibility index (Phi) is 5.87. The maximum atomic E-state index is 13.4. The van der Waals surface area contributed by atoms with Crippen LogP contribution in [0.25, 0.3) is 11.2 Å². The van der Waals surface area contributed by atoms with Gasteiger partial charge < -0.3 is 9.67 Å². The monoisotopic (exact) mass is 314 g/mol. The van der Waals surface area contributed by atoms with Gasteiger partial charge in [-0.3, -0.25) is 0 Å². The number of unbranched alkanes of at least 4 members (excludes halogenated alkanes) is 3. The van der Waals surface area contributed by atoms with Crippen molar-refractivity contribution in [3.63, 3.8) is 0 Å². The van der Waals surface area contributed by atoms with Gasteiger partial charge in [0.1, 0.15) is 5.52 Å². The van der Waals surface area contributed by atoms with E-state index in [0.29, 0.717) is 17.6 Å². The molecule has 0 radical (unpaired) electrons. The van der Waals surface area contributed by atoms with E-state index >= 15 is 0 Å². The van der Waals surface area contributed by atoms with Crippen molar-refractivity contribution in [2.24, 2.45) is 0 Å². The molecule has 5 nitrogen and oxygen atoms in total. The molecule has 0 fully saturated rings. The molecule has 2 aromatic rings. The van der Waals surface area contributed by atoms with E-state index in [1.54, 1.807) is 10.9 Å². The molecule has 0 saturated carbocycles. The maximum Gasteiger partial charge on any atom is 0.312 e. The van der Waals surface area contributed by atoms with Crippen LogP contribution in [0, 0.1) is 6.08 Å². The van der Waals surface area contributed by atoms with Gasteiger partial charge in [0.25, 0.3) is 0 Å². The zero-order chi connectivity index (χ0) is 15.2. The number of aliphatic hydroxyl groups is 1. The molecule has 0 amide bonds. The smallest absolute Gasteiger partial charge is 0.312 e. The third kappa shape index (κ3) is 3.89. The SMILES string of the molecule is CCCCCCC(CCO)n1cnc2c(Cl)nc(F)nc21. The van der Waals surface area contributed by atoms with Crippen LogP contribution in [0.15, 0.2) is 6.33 Å². The van der Waals surface area contributed by atoms with Crippen LogP contribution in [-0.4, -0.2) is 31.2 Å². The van der Waals surface area contributed by atoms with Crippen LogP contribution in [0.3, 0.4) is 0 Å². The Morgan fingerprint density at radius 3 is 2.81 bits per heavy atom. The first kappa shape index (κ1) is 16.1. The largest absolute Gasteiger partial charge is 0.396 e. The van der Waals surface area contributed by atoms with Crippen LogP contribution in [0.5, 0.6) is 0 Å². The summed E-state index contributed by atoms with van der Waals surface area (Å²) in [7, 11) is 0. The van der Waals surface area contributed by atoms with E-state index in [9.17, 15) is 9.50 Å². The van der Waals surface area contributed by atoms with Gasteiger partial charge in [-0.15, -0.1) is 0 Å². The third-order valence-electron chi connectivity index (χ3n) is 3.60. The minimum atomic E-state index is -0.858. The molecular formula is C14H20ClFN4O. The zero-order valence-corrected chi connectivity index (χ0v) is 12.9.